The summed E-state index contributed by atoms with van der Waals surface area (Å²) in [5.74, 6) is -9.23. The van der Waals surface area contributed by atoms with Crippen LogP contribution in [0.2, 0.25) is 19.1 Å². The van der Waals surface area contributed by atoms with E-state index in [0.717, 1.165) is 31.7 Å². The third kappa shape index (κ3) is 6.99. The van der Waals surface area contributed by atoms with E-state index in [1.807, 2.05) is 0 Å². The second kappa shape index (κ2) is 11.0. The molecule has 0 aliphatic rings. The Bertz CT molecular complexity index is 549. The summed E-state index contributed by atoms with van der Waals surface area (Å²) in [5.41, 5.74) is -0.702. The van der Waals surface area contributed by atoms with Crippen molar-refractivity contribution in [2.75, 3.05) is 7.11 Å². The topological polar surface area (TPSA) is 9.23 Å². The van der Waals surface area contributed by atoms with Crippen LogP contribution in [-0.2, 0) is 10.8 Å². The Balaban J connectivity index is 2.19. The number of hydrogen-bond acceptors (Lipinski definition) is 1. The summed E-state index contributed by atoms with van der Waals surface area (Å²) in [5, 5.41) is 0. The van der Waals surface area contributed by atoms with Crippen molar-refractivity contribution in [3.05, 3.63) is 34.6 Å². The maximum absolute atomic E-state index is 13.5. The Labute approximate surface area is 154 Å². The smallest absolute Gasteiger partial charge is 0.200 e. The van der Waals surface area contributed by atoms with Crippen LogP contribution >= 0.6 is 0 Å². The molecule has 0 aliphatic heterocycles. The van der Waals surface area contributed by atoms with Gasteiger partial charge in [-0.1, -0.05) is 44.9 Å². The average molecular weight is 397 g/mol. The Morgan fingerprint density at radius 1 is 0.615 bits per heavy atom. The van der Waals surface area contributed by atoms with Gasteiger partial charge in [0.1, 0.15) is 0 Å². The molecule has 0 aromatic heterocycles. The molecule has 0 heterocycles. The molecule has 1 rings (SSSR count). The van der Waals surface area contributed by atoms with Crippen molar-refractivity contribution < 1.29 is 26.4 Å². The predicted molar refractivity (Wildman–Crippen MR) is 96.2 cm³/mol. The summed E-state index contributed by atoms with van der Waals surface area (Å²) in [6.45, 7) is 4.41. The molecule has 7 heteroatoms. The lowest BCUT2D eigenvalue weighted by molar-refractivity contribution is 0.368. The Morgan fingerprint density at radius 2 is 1.00 bits per heavy atom. The molecule has 0 amide bonds. The van der Waals surface area contributed by atoms with Crippen LogP contribution in [0.15, 0.2) is 0 Å². The third-order valence-electron chi connectivity index (χ3n) is 4.81. The highest BCUT2D eigenvalue weighted by Crippen LogP contribution is 2.24. The van der Waals surface area contributed by atoms with Crippen LogP contribution in [0.1, 0.15) is 56.9 Å². The summed E-state index contributed by atoms with van der Waals surface area (Å²) in [7, 11) is 0.322. The van der Waals surface area contributed by atoms with Gasteiger partial charge in [0.05, 0.1) is 0 Å². The lowest BCUT2D eigenvalue weighted by Gasteiger charge is -2.19. The van der Waals surface area contributed by atoms with Gasteiger partial charge in [0, 0.05) is 12.7 Å². The van der Waals surface area contributed by atoms with Gasteiger partial charge in [-0.25, -0.2) is 22.0 Å². The van der Waals surface area contributed by atoms with E-state index in [9.17, 15) is 22.0 Å². The zero-order valence-electron chi connectivity index (χ0n) is 15.9. The Hall–Kier alpha value is -0.953. The zero-order valence-corrected chi connectivity index (χ0v) is 16.9. The van der Waals surface area contributed by atoms with E-state index in [-0.39, 0.29) is 6.42 Å². The Kier molecular flexibility index (Phi) is 9.78. The molecule has 1 aromatic carbocycles. The van der Waals surface area contributed by atoms with Gasteiger partial charge in [0.25, 0.3) is 0 Å². The van der Waals surface area contributed by atoms with E-state index in [1.54, 1.807) is 7.11 Å². The molecule has 1 aromatic rings. The molecular formula is C19H29F5OSi. The van der Waals surface area contributed by atoms with Gasteiger partial charge in [-0.3, -0.25) is 0 Å². The summed E-state index contributed by atoms with van der Waals surface area (Å²) in [6.07, 6.45) is 7.48. The fourth-order valence-electron chi connectivity index (χ4n) is 2.89. The molecule has 0 N–H and O–H groups in total. The number of halogens is 5. The summed E-state index contributed by atoms with van der Waals surface area (Å²) in [4.78, 5) is 0. The molecule has 0 radical (unpaired) electrons. The van der Waals surface area contributed by atoms with Crippen LogP contribution in [0, 0.1) is 29.1 Å². The SMILES string of the molecule is CO[Si](C)(C)CCCCCCCCCCc1c(F)c(F)c(F)c(F)c1F. The summed E-state index contributed by atoms with van der Waals surface area (Å²) in [6, 6.07) is 1.16. The van der Waals surface area contributed by atoms with Gasteiger partial charge in [0.15, 0.2) is 31.6 Å². The molecule has 0 spiro atoms. The maximum Gasteiger partial charge on any atom is 0.200 e. The molecule has 0 fully saturated rings. The van der Waals surface area contributed by atoms with Gasteiger partial charge in [-0.2, -0.15) is 0 Å². The number of rotatable bonds is 12. The van der Waals surface area contributed by atoms with Crippen molar-refractivity contribution in [3.8, 4) is 0 Å². The largest absolute Gasteiger partial charge is 0.420 e. The summed E-state index contributed by atoms with van der Waals surface area (Å²) < 4.78 is 71.8. The normalized spacial score (nSPS) is 12.0. The molecule has 0 saturated carbocycles. The molecule has 1 nitrogen and oxygen atoms in total. The van der Waals surface area contributed by atoms with E-state index in [2.05, 4.69) is 13.1 Å². The van der Waals surface area contributed by atoms with Crippen molar-refractivity contribution in [1.29, 1.82) is 0 Å². The second-order valence-electron chi connectivity index (χ2n) is 7.34. The highest BCUT2D eigenvalue weighted by Gasteiger charge is 2.25. The van der Waals surface area contributed by atoms with E-state index < -0.39 is 43.0 Å². The van der Waals surface area contributed by atoms with E-state index in [0.29, 0.717) is 12.8 Å². The quantitative estimate of drug-likeness (QED) is 0.123. The van der Waals surface area contributed by atoms with Crippen molar-refractivity contribution in [2.45, 2.75) is 76.9 Å². The zero-order chi connectivity index (χ0) is 19.7. The lowest BCUT2D eigenvalue weighted by Crippen LogP contribution is -2.27. The van der Waals surface area contributed by atoms with Gasteiger partial charge in [-0.15, -0.1) is 0 Å². The van der Waals surface area contributed by atoms with Crippen LogP contribution in [-0.4, -0.2) is 15.4 Å². The van der Waals surface area contributed by atoms with E-state index in [1.165, 1.54) is 12.8 Å². The molecule has 0 saturated heterocycles. The second-order valence-corrected chi connectivity index (χ2v) is 11.8. The summed E-state index contributed by atoms with van der Waals surface area (Å²) >= 11 is 0. The molecule has 0 aliphatic carbocycles. The first-order valence-electron chi connectivity index (χ1n) is 9.26. The fraction of sp³-hybridized carbons (Fsp3) is 0.684. The standard InChI is InChI=1S/C19H29F5OSi/c1-25-26(2,3)13-11-9-7-5-4-6-8-10-12-14-15(20)17(22)19(24)18(23)16(14)21/h4-13H2,1-3H3. The first-order chi connectivity index (χ1) is 12.2. The molecule has 0 bridgehead atoms. The first-order valence-corrected chi connectivity index (χ1v) is 12.4. The number of unbranched alkanes of at least 4 members (excludes halogenated alkanes) is 7. The van der Waals surface area contributed by atoms with Gasteiger partial charge >= 0.3 is 0 Å². The van der Waals surface area contributed by atoms with Crippen molar-refractivity contribution in [3.63, 3.8) is 0 Å². The minimum Gasteiger partial charge on any atom is -0.420 e. The van der Waals surface area contributed by atoms with E-state index >= 15 is 0 Å². The minimum atomic E-state index is -2.10. The van der Waals surface area contributed by atoms with Crippen LogP contribution in [0.5, 0.6) is 0 Å². The van der Waals surface area contributed by atoms with Crippen LogP contribution in [0.3, 0.4) is 0 Å². The van der Waals surface area contributed by atoms with Gasteiger partial charge in [-0.05, 0) is 32.0 Å². The van der Waals surface area contributed by atoms with E-state index in [4.69, 9.17) is 4.43 Å². The highest BCUT2D eigenvalue weighted by molar-refractivity contribution is 6.71. The predicted octanol–water partition coefficient (Wildman–Crippen LogP) is 6.90. The number of benzene rings is 1. The first kappa shape index (κ1) is 23.1. The molecule has 26 heavy (non-hydrogen) atoms. The van der Waals surface area contributed by atoms with Crippen molar-refractivity contribution >= 4 is 8.32 Å². The van der Waals surface area contributed by atoms with Crippen molar-refractivity contribution in [2.24, 2.45) is 0 Å². The fourth-order valence-corrected chi connectivity index (χ4v) is 4.19. The molecular weight excluding hydrogens is 367 g/mol. The maximum atomic E-state index is 13.5. The molecule has 0 atom stereocenters. The minimum absolute atomic E-state index is 0.136. The monoisotopic (exact) mass is 396 g/mol. The third-order valence-corrected chi connectivity index (χ3v) is 7.47. The van der Waals surface area contributed by atoms with Crippen LogP contribution in [0.25, 0.3) is 0 Å². The highest BCUT2D eigenvalue weighted by atomic mass is 28.4. The van der Waals surface area contributed by atoms with Crippen LogP contribution in [0.4, 0.5) is 22.0 Å². The average Bonchev–Trinajstić information content (AvgIpc) is 2.62. The van der Waals surface area contributed by atoms with Gasteiger partial charge < -0.3 is 4.43 Å². The molecule has 0 unspecified atom stereocenters. The van der Waals surface area contributed by atoms with Gasteiger partial charge in [0.2, 0.25) is 5.82 Å². The number of hydrogen-bond donors (Lipinski definition) is 0. The molecule has 150 valence electrons. The van der Waals surface area contributed by atoms with Crippen molar-refractivity contribution in [1.82, 2.24) is 0 Å². The Morgan fingerprint density at radius 3 is 1.46 bits per heavy atom. The lowest BCUT2D eigenvalue weighted by atomic mass is 10.0. The van der Waals surface area contributed by atoms with Crippen LogP contribution < -0.4 is 0 Å².